The van der Waals surface area contributed by atoms with Gasteiger partial charge in [0.15, 0.2) is 5.65 Å². The van der Waals surface area contributed by atoms with E-state index in [0.717, 1.165) is 19.4 Å². The van der Waals surface area contributed by atoms with E-state index in [1.165, 1.54) is 0 Å². The fourth-order valence-electron chi connectivity index (χ4n) is 3.43. The lowest BCUT2D eigenvalue weighted by atomic mass is 10.2. The molecule has 11 heteroatoms. The molecule has 0 bridgehead atoms. The number of halogens is 1. The van der Waals surface area contributed by atoms with E-state index in [0.29, 0.717) is 28.3 Å². The predicted octanol–water partition coefficient (Wildman–Crippen LogP) is 4.33. The number of nitrogens with one attached hydrogen (secondary N) is 2. The van der Waals surface area contributed by atoms with Gasteiger partial charge in [0.05, 0.1) is 10.7 Å². The van der Waals surface area contributed by atoms with Crippen molar-refractivity contribution in [2.24, 2.45) is 0 Å². The molecular weight excluding hydrogens is 480 g/mol. The van der Waals surface area contributed by atoms with E-state index in [-0.39, 0.29) is 6.04 Å². The van der Waals surface area contributed by atoms with Crippen LogP contribution in [-0.4, -0.2) is 57.1 Å². The Morgan fingerprint density at radius 3 is 2.47 bits per heavy atom. The number of nitrogens with zero attached hydrogens (tertiary/aromatic N) is 4. The third-order valence-corrected chi connectivity index (χ3v) is 5.16. The zero-order valence-electron chi connectivity index (χ0n) is 19.4. The summed E-state index contributed by atoms with van der Waals surface area (Å²) in [5.74, 6) is 1.12. The average molecular weight is 511 g/mol. The summed E-state index contributed by atoms with van der Waals surface area (Å²) < 4.78 is 13.0. The number of aromatic nitrogens is 3. The van der Waals surface area contributed by atoms with Gasteiger partial charge < -0.3 is 19.7 Å². The molecule has 3 heterocycles. The van der Waals surface area contributed by atoms with Gasteiger partial charge in [0.2, 0.25) is 0 Å². The van der Waals surface area contributed by atoms with Crippen molar-refractivity contribution in [3.05, 3.63) is 16.7 Å². The van der Waals surface area contributed by atoms with Gasteiger partial charge >= 0.3 is 12.2 Å². The van der Waals surface area contributed by atoms with Crippen LogP contribution in [-0.2, 0) is 9.47 Å². The predicted molar refractivity (Wildman–Crippen MR) is 125 cm³/mol. The first kappa shape index (κ1) is 24.1. The Hall–Kier alpha value is -2.56. The van der Waals surface area contributed by atoms with Crippen LogP contribution in [0.1, 0.15) is 54.4 Å². The lowest BCUT2D eigenvalue weighted by Crippen LogP contribution is -2.42. The molecule has 1 fully saturated rings. The van der Waals surface area contributed by atoms with Crippen LogP contribution < -0.4 is 15.5 Å². The van der Waals surface area contributed by atoms with E-state index in [9.17, 15) is 9.59 Å². The summed E-state index contributed by atoms with van der Waals surface area (Å²) in [4.78, 5) is 31.3. The molecule has 1 aliphatic heterocycles. The van der Waals surface area contributed by atoms with Crippen LogP contribution >= 0.6 is 15.9 Å². The number of alkyl carbamates (subject to hydrolysis) is 1. The van der Waals surface area contributed by atoms with E-state index < -0.39 is 23.4 Å². The van der Waals surface area contributed by atoms with Gasteiger partial charge in [-0.2, -0.15) is 9.61 Å². The van der Waals surface area contributed by atoms with E-state index in [1.807, 2.05) is 20.8 Å². The maximum atomic E-state index is 12.4. The molecule has 10 nitrogen and oxygen atoms in total. The van der Waals surface area contributed by atoms with Crippen molar-refractivity contribution in [2.75, 3.05) is 23.3 Å². The minimum absolute atomic E-state index is 0.0496. The molecule has 2 aromatic heterocycles. The monoisotopic (exact) mass is 510 g/mol. The van der Waals surface area contributed by atoms with Gasteiger partial charge in [-0.05, 0) is 70.3 Å². The molecule has 0 radical (unpaired) electrons. The number of fused-ring (bicyclic) bond motifs is 1. The lowest BCUT2D eigenvalue weighted by molar-refractivity contribution is 0.0523. The molecule has 32 heavy (non-hydrogen) atoms. The normalized spacial score (nSPS) is 16.8. The van der Waals surface area contributed by atoms with Gasteiger partial charge in [-0.3, -0.25) is 5.32 Å². The number of hydrogen-bond acceptors (Lipinski definition) is 7. The molecule has 176 valence electrons. The summed E-state index contributed by atoms with van der Waals surface area (Å²) in [6.07, 6.45) is 2.46. The third kappa shape index (κ3) is 6.24. The van der Waals surface area contributed by atoms with Crippen molar-refractivity contribution in [3.63, 3.8) is 0 Å². The smallest absolute Gasteiger partial charge is 0.413 e. The fourth-order valence-corrected chi connectivity index (χ4v) is 3.78. The first-order valence-electron chi connectivity index (χ1n) is 10.6. The van der Waals surface area contributed by atoms with Crippen LogP contribution in [0.5, 0.6) is 0 Å². The summed E-state index contributed by atoms with van der Waals surface area (Å²) >= 11 is 3.47. The molecule has 1 atom stereocenters. The highest BCUT2D eigenvalue weighted by atomic mass is 79.9. The second-order valence-electron chi connectivity index (χ2n) is 9.73. The number of hydrogen-bond donors (Lipinski definition) is 2. The maximum absolute atomic E-state index is 12.4. The summed E-state index contributed by atoms with van der Waals surface area (Å²) in [6, 6.07) is 1.82. The zero-order chi connectivity index (χ0) is 23.7. The number of carbonyl (C=O) groups is 2. The van der Waals surface area contributed by atoms with Crippen molar-refractivity contribution in [1.82, 2.24) is 19.9 Å². The highest BCUT2D eigenvalue weighted by Gasteiger charge is 2.28. The Morgan fingerprint density at radius 2 is 1.81 bits per heavy atom. The summed E-state index contributed by atoms with van der Waals surface area (Å²) in [7, 11) is 0. The average Bonchev–Trinajstić information content (AvgIpc) is 3.24. The number of amides is 2. The molecular formula is C21H31BrN6O4. The van der Waals surface area contributed by atoms with Crippen molar-refractivity contribution >= 4 is 45.4 Å². The first-order valence-corrected chi connectivity index (χ1v) is 11.4. The maximum Gasteiger partial charge on any atom is 0.413 e. The number of ether oxygens (including phenoxy) is 2. The van der Waals surface area contributed by atoms with Crippen molar-refractivity contribution in [3.8, 4) is 0 Å². The second kappa shape index (κ2) is 9.13. The van der Waals surface area contributed by atoms with E-state index in [4.69, 9.17) is 14.5 Å². The highest BCUT2D eigenvalue weighted by molar-refractivity contribution is 9.10. The molecule has 0 aromatic carbocycles. The van der Waals surface area contributed by atoms with Crippen molar-refractivity contribution in [2.45, 2.75) is 71.6 Å². The summed E-state index contributed by atoms with van der Waals surface area (Å²) in [6.45, 7) is 12.1. The molecule has 2 N–H and O–H groups in total. The molecule has 2 aromatic rings. The number of carbonyl (C=O) groups excluding carboxylic acids is 2. The van der Waals surface area contributed by atoms with Crippen LogP contribution in [0.25, 0.3) is 5.65 Å². The molecule has 1 saturated heterocycles. The van der Waals surface area contributed by atoms with E-state index >= 15 is 0 Å². The minimum atomic E-state index is -0.628. The van der Waals surface area contributed by atoms with Crippen LogP contribution in [0.2, 0.25) is 0 Å². The second-order valence-corrected chi connectivity index (χ2v) is 10.6. The van der Waals surface area contributed by atoms with Crippen LogP contribution in [0, 0.1) is 0 Å². The zero-order valence-corrected chi connectivity index (χ0v) is 20.9. The van der Waals surface area contributed by atoms with Gasteiger partial charge in [-0.15, -0.1) is 0 Å². The first-order chi connectivity index (χ1) is 14.8. The number of rotatable bonds is 4. The minimum Gasteiger partial charge on any atom is -0.444 e. The molecule has 0 spiro atoms. The van der Waals surface area contributed by atoms with Crippen molar-refractivity contribution < 1.29 is 19.1 Å². The molecule has 0 unspecified atom stereocenters. The van der Waals surface area contributed by atoms with Gasteiger partial charge in [0, 0.05) is 25.2 Å². The Labute approximate surface area is 196 Å². The van der Waals surface area contributed by atoms with E-state index in [1.54, 1.807) is 37.5 Å². The van der Waals surface area contributed by atoms with Gasteiger partial charge in [0.25, 0.3) is 0 Å². The topological polar surface area (TPSA) is 110 Å². The Kier molecular flexibility index (Phi) is 6.87. The molecule has 0 saturated carbocycles. The lowest BCUT2D eigenvalue weighted by Gasteiger charge is -2.27. The Bertz CT molecular complexity index is 995. The molecule has 1 aliphatic rings. The molecule has 2 amide bonds. The SMILES string of the molecule is CC(C)(C)OC(=O)NC[C@H]1CCCN1c1cc(NC(=O)OC(C)(C)C)n2ncc(Br)c2n1. The van der Waals surface area contributed by atoms with Crippen LogP contribution in [0.15, 0.2) is 16.7 Å². The van der Waals surface area contributed by atoms with Crippen LogP contribution in [0.3, 0.4) is 0 Å². The molecule has 3 rings (SSSR count). The number of anilines is 2. The molecule has 0 aliphatic carbocycles. The fraction of sp³-hybridized carbons (Fsp3) is 0.619. The van der Waals surface area contributed by atoms with Crippen molar-refractivity contribution in [1.29, 1.82) is 0 Å². The Balaban J connectivity index is 1.82. The summed E-state index contributed by atoms with van der Waals surface area (Å²) in [5, 5.41) is 9.91. The highest BCUT2D eigenvalue weighted by Crippen LogP contribution is 2.29. The van der Waals surface area contributed by atoms with Gasteiger partial charge in [0.1, 0.15) is 22.8 Å². The quantitative estimate of drug-likeness (QED) is 0.629. The van der Waals surface area contributed by atoms with Gasteiger partial charge in [-0.1, -0.05) is 0 Å². The standard InChI is InChI=1S/C21H31BrN6O4/c1-20(2,3)31-18(29)23-11-13-8-7-9-27(13)15-10-16(26-19(30)32-21(4,5)6)28-17(25-15)14(22)12-24-28/h10,12-13H,7-9,11H2,1-6H3,(H,23,29)(H,26,30)/t13-/m1/s1. The third-order valence-electron chi connectivity index (χ3n) is 4.60. The summed E-state index contributed by atoms with van der Waals surface area (Å²) in [5.41, 5.74) is -0.612. The largest absolute Gasteiger partial charge is 0.444 e. The Morgan fingerprint density at radius 1 is 1.16 bits per heavy atom. The van der Waals surface area contributed by atoms with Crippen LogP contribution in [0.4, 0.5) is 21.2 Å². The van der Waals surface area contributed by atoms with Gasteiger partial charge in [-0.25, -0.2) is 14.6 Å². The van der Waals surface area contributed by atoms with E-state index in [2.05, 4.69) is 36.6 Å².